The molecule has 1 amide bonds. The molecule has 1 heterocycles. The molecule has 1 atom stereocenters. The molecule has 0 radical (unpaired) electrons. The average molecular weight is 262 g/mol. The Bertz CT molecular complexity index is 513. The summed E-state index contributed by atoms with van der Waals surface area (Å²) in [6.07, 6.45) is 0.0215. The molecule has 5 heteroatoms. The summed E-state index contributed by atoms with van der Waals surface area (Å²) in [5.41, 5.74) is 3.09. The summed E-state index contributed by atoms with van der Waals surface area (Å²) >= 11 is 0. The van der Waals surface area contributed by atoms with Gasteiger partial charge in [-0.1, -0.05) is 12.1 Å². The van der Waals surface area contributed by atoms with Crippen molar-refractivity contribution in [3.63, 3.8) is 0 Å². The fourth-order valence-corrected chi connectivity index (χ4v) is 2.38. The summed E-state index contributed by atoms with van der Waals surface area (Å²) in [6, 6.07) is 5.81. The largest absolute Gasteiger partial charge is 0.481 e. The van der Waals surface area contributed by atoms with E-state index in [9.17, 15) is 9.59 Å². The number of aryl methyl sites for hydroxylation is 2. The predicted molar refractivity (Wildman–Crippen MR) is 72.3 cm³/mol. The van der Waals surface area contributed by atoms with Gasteiger partial charge >= 0.3 is 5.97 Å². The Morgan fingerprint density at radius 2 is 2.21 bits per heavy atom. The van der Waals surface area contributed by atoms with Crippen LogP contribution in [0.1, 0.15) is 17.5 Å². The van der Waals surface area contributed by atoms with Gasteiger partial charge in [-0.25, -0.2) is 0 Å². The highest BCUT2D eigenvalue weighted by Gasteiger charge is 2.29. The van der Waals surface area contributed by atoms with E-state index in [1.807, 2.05) is 36.9 Å². The van der Waals surface area contributed by atoms with Crippen molar-refractivity contribution in [2.75, 3.05) is 18.0 Å². The number of carboxylic acid groups (broad SMARTS) is 1. The van der Waals surface area contributed by atoms with Gasteiger partial charge in [0.1, 0.15) is 0 Å². The highest BCUT2D eigenvalue weighted by molar-refractivity contribution is 5.84. The number of nitrogens with one attached hydrogen (secondary N) is 1. The zero-order chi connectivity index (χ0) is 14.0. The van der Waals surface area contributed by atoms with Crippen LogP contribution < -0.4 is 10.2 Å². The van der Waals surface area contributed by atoms with Crippen molar-refractivity contribution < 1.29 is 14.7 Å². The van der Waals surface area contributed by atoms with Crippen molar-refractivity contribution in [3.8, 4) is 0 Å². The van der Waals surface area contributed by atoms with Gasteiger partial charge in [0.05, 0.1) is 19.0 Å². The number of hydrogen-bond donors (Lipinski definition) is 2. The minimum Gasteiger partial charge on any atom is -0.481 e. The second-order valence-electron chi connectivity index (χ2n) is 4.97. The molecule has 0 bridgehead atoms. The maximum Gasteiger partial charge on any atom is 0.305 e. The van der Waals surface area contributed by atoms with E-state index >= 15 is 0 Å². The van der Waals surface area contributed by atoms with E-state index in [4.69, 9.17) is 5.11 Å². The van der Waals surface area contributed by atoms with Crippen LogP contribution in [0.4, 0.5) is 5.69 Å². The van der Waals surface area contributed by atoms with Crippen LogP contribution in [0, 0.1) is 13.8 Å². The monoisotopic (exact) mass is 262 g/mol. The predicted octanol–water partition coefficient (Wildman–Crippen LogP) is 1.08. The van der Waals surface area contributed by atoms with Crippen LogP contribution in [0.3, 0.4) is 0 Å². The number of aliphatic carboxylic acids is 1. The maximum absolute atomic E-state index is 11.6. The summed E-state index contributed by atoms with van der Waals surface area (Å²) in [5.74, 6) is -0.918. The van der Waals surface area contributed by atoms with E-state index in [2.05, 4.69) is 5.32 Å². The molecule has 1 aromatic carbocycles. The Morgan fingerprint density at radius 3 is 2.89 bits per heavy atom. The Kier molecular flexibility index (Phi) is 3.74. The molecule has 1 saturated heterocycles. The van der Waals surface area contributed by atoms with E-state index in [0.717, 1.165) is 16.8 Å². The SMILES string of the molecule is Cc1ccc(C)c(N2CC(=O)NCC2CC(=O)O)c1. The second-order valence-corrected chi connectivity index (χ2v) is 4.97. The number of carboxylic acids is 1. The molecule has 1 aromatic rings. The normalized spacial score (nSPS) is 19.2. The van der Waals surface area contributed by atoms with Crippen LogP contribution in [0.25, 0.3) is 0 Å². The molecular formula is C14H18N2O3. The van der Waals surface area contributed by atoms with Crippen molar-refractivity contribution >= 4 is 17.6 Å². The average Bonchev–Trinajstić information content (AvgIpc) is 2.34. The lowest BCUT2D eigenvalue weighted by atomic mass is 10.0. The molecule has 2 N–H and O–H groups in total. The number of anilines is 1. The van der Waals surface area contributed by atoms with E-state index < -0.39 is 5.97 Å². The summed E-state index contributed by atoms with van der Waals surface area (Å²) in [6.45, 7) is 4.54. The summed E-state index contributed by atoms with van der Waals surface area (Å²) in [5, 5.41) is 11.7. The molecule has 0 aliphatic carbocycles. The Morgan fingerprint density at radius 1 is 1.47 bits per heavy atom. The fraction of sp³-hybridized carbons (Fsp3) is 0.429. The molecule has 1 aliphatic heterocycles. The van der Waals surface area contributed by atoms with Crippen LogP contribution in [-0.2, 0) is 9.59 Å². The lowest BCUT2D eigenvalue weighted by Crippen LogP contribution is -2.55. The lowest BCUT2D eigenvalue weighted by Gasteiger charge is -2.37. The van der Waals surface area contributed by atoms with Crippen molar-refractivity contribution in [1.82, 2.24) is 5.32 Å². The highest BCUT2D eigenvalue weighted by Crippen LogP contribution is 2.25. The first-order valence-corrected chi connectivity index (χ1v) is 6.30. The van der Waals surface area contributed by atoms with Gasteiger partial charge in [-0.3, -0.25) is 9.59 Å². The summed E-state index contributed by atoms with van der Waals surface area (Å²) in [4.78, 5) is 24.4. The van der Waals surface area contributed by atoms with Gasteiger partial charge in [-0.05, 0) is 31.0 Å². The number of carbonyl (C=O) groups is 2. The first-order chi connectivity index (χ1) is 8.97. The lowest BCUT2D eigenvalue weighted by molar-refractivity contribution is -0.138. The molecule has 1 fully saturated rings. The van der Waals surface area contributed by atoms with Gasteiger partial charge in [0, 0.05) is 12.2 Å². The maximum atomic E-state index is 11.6. The summed E-state index contributed by atoms with van der Waals surface area (Å²) < 4.78 is 0. The third-order valence-electron chi connectivity index (χ3n) is 3.37. The zero-order valence-corrected chi connectivity index (χ0v) is 11.1. The number of benzene rings is 1. The molecule has 102 valence electrons. The van der Waals surface area contributed by atoms with Gasteiger partial charge in [0.15, 0.2) is 0 Å². The van der Waals surface area contributed by atoms with Crippen molar-refractivity contribution in [2.45, 2.75) is 26.3 Å². The quantitative estimate of drug-likeness (QED) is 0.855. The molecule has 2 rings (SSSR count). The molecule has 1 unspecified atom stereocenters. The molecule has 0 spiro atoms. The molecule has 19 heavy (non-hydrogen) atoms. The van der Waals surface area contributed by atoms with Crippen molar-refractivity contribution in [3.05, 3.63) is 29.3 Å². The van der Waals surface area contributed by atoms with Crippen LogP contribution >= 0.6 is 0 Å². The molecular weight excluding hydrogens is 244 g/mol. The minimum atomic E-state index is -0.851. The van der Waals surface area contributed by atoms with Gasteiger partial charge in [0.25, 0.3) is 0 Å². The smallest absolute Gasteiger partial charge is 0.305 e. The number of amides is 1. The van der Waals surface area contributed by atoms with E-state index in [1.54, 1.807) is 0 Å². The number of hydrogen-bond acceptors (Lipinski definition) is 3. The Hall–Kier alpha value is -2.04. The van der Waals surface area contributed by atoms with Gasteiger partial charge in [-0.15, -0.1) is 0 Å². The Labute approximate surface area is 112 Å². The van der Waals surface area contributed by atoms with Crippen LogP contribution in [0.15, 0.2) is 18.2 Å². The standard InChI is InChI=1S/C14H18N2O3/c1-9-3-4-10(2)12(5-9)16-8-13(17)15-7-11(16)6-14(18)19/h3-5,11H,6-8H2,1-2H3,(H,15,17)(H,18,19). The third kappa shape index (κ3) is 3.05. The topological polar surface area (TPSA) is 69.6 Å². The van der Waals surface area contributed by atoms with Crippen LogP contribution in [0.5, 0.6) is 0 Å². The van der Waals surface area contributed by atoms with Gasteiger partial charge in [-0.2, -0.15) is 0 Å². The zero-order valence-electron chi connectivity index (χ0n) is 11.1. The summed E-state index contributed by atoms with van der Waals surface area (Å²) in [7, 11) is 0. The van der Waals surface area contributed by atoms with E-state index in [1.165, 1.54) is 0 Å². The van der Waals surface area contributed by atoms with E-state index in [0.29, 0.717) is 6.54 Å². The number of carbonyl (C=O) groups excluding carboxylic acids is 1. The molecule has 1 aliphatic rings. The first kappa shape index (κ1) is 13.4. The number of piperazine rings is 1. The minimum absolute atomic E-state index is 0.0215. The molecule has 0 aromatic heterocycles. The van der Waals surface area contributed by atoms with Gasteiger partial charge in [0.2, 0.25) is 5.91 Å². The van der Waals surface area contributed by atoms with Crippen molar-refractivity contribution in [1.29, 1.82) is 0 Å². The second kappa shape index (κ2) is 5.30. The van der Waals surface area contributed by atoms with E-state index in [-0.39, 0.29) is 24.9 Å². The molecule has 5 nitrogen and oxygen atoms in total. The Balaban J connectivity index is 2.33. The third-order valence-corrected chi connectivity index (χ3v) is 3.37. The van der Waals surface area contributed by atoms with Crippen LogP contribution in [-0.4, -0.2) is 36.1 Å². The highest BCUT2D eigenvalue weighted by atomic mass is 16.4. The first-order valence-electron chi connectivity index (χ1n) is 6.30. The van der Waals surface area contributed by atoms with Crippen molar-refractivity contribution in [2.24, 2.45) is 0 Å². The number of nitrogens with zero attached hydrogens (tertiary/aromatic N) is 1. The van der Waals surface area contributed by atoms with Crippen LogP contribution in [0.2, 0.25) is 0 Å². The number of rotatable bonds is 3. The van der Waals surface area contributed by atoms with Gasteiger partial charge < -0.3 is 15.3 Å². The fourth-order valence-electron chi connectivity index (χ4n) is 2.38. The molecule has 0 saturated carbocycles.